The first kappa shape index (κ1) is 115. The Kier molecular flexibility index (Phi) is 47.4. The highest BCUT2D eigenvalue weighted by molar-refractivity contribution is 7.75. The summed E-state index contributed by atoms with van der Waals surface area (Å²) in [6, 6.07) is 8.47. The molecular formula is C83H132N10O33P6. The third kappa shape index (κ3) is 35.8. The molecule has 4 fully saturated rings. The molecule has 1 aromatic carbocycles. The first-order valence-corrected chi connectivity index (χ1v) is 55.6. The van der Waals surface area contributed by atoms with Gasteiger partial charge in [-0.05, 0) is 150 Å². The van der Waals surface area contributed by atoms with Gasteiger partial charge in [0.25, 0.3) is 30.8 Å². The molecule has 0 bridgehead atoms. The fraction of sp³-hybridized carbons (Fsp3) is 0.639. The Morgan fingerprint density at radius 3 is 1.21 bits per heavy atom. The number of nitrogens with zero attached hydrogens (tertiary/aromatic N) is 6. The van der Waals surface area contributed by atoms with E-state index in [1.165, 1.54) is 78.8 Å². The van der Waals surface area contributed by atoms with Crippen molar-refractivity contribution in [1.29, 1.82) is 0 Å². The second-order valence-electron chi connectivity index (χ2n) is 33.1. The van der Waals surface area contributed by atoms with Crippen LogP contribution < -0.4 is 45.0 Å². The molecule has 0 saturated carbocycles. The molecule has 4 aliphatic heterocycles. The third-order valence-corrected chi connectivity index (χ3v) is 29.7. The summed E-state index contributed by atoms with van der Waals surface area (Å²) in [7, 11) is -5.73. The number of nitrogens with one attached hydrogen (secondary N) is 4. The van der Waals surface area contributed by atoms with Gasteiger partial charge in [0.1, 0.15) is 88.9 Å². The van der Waals surface area contributed by atoms with Crippen molar-refractivity contribution in [3.8, 4) is 0 Å². The summed E-state index contributed by atoms with van der Waals surface area (Å²) in [5.74, 6) is 4.05. The number of aryl methyl sites for hydroxylation is 4. The van der Waals surface area contributed by atoms with E-state index in [1.54, 1.807) is 149 Å². The van der Waals surface area contributed by atoms with Gasteiger partial charge >= 0.3 is 36.3 Å². The number of aromatic nitrogens is 8. The average Bonchev–Trinajstić information content (AvgIpc) is 1.65. The van der Waals surface area contributed by atoms with Gasteiger partial charge in [-0.1, -0.05) is 31.2 Å². The van der Waals surface area contributed by atoms with Crippen molar-refractivity contribution >= 4 is 50.7 Å². The number of H-pyrrole nitrogens is 4. The molecule has 0 radical (unpaired) electrons. The molecule has 0 spiro atoms. The van der Waals surface area contributed by atoms with Gasteiger partial charge in [0.15, 0.2) is 31.0 Å². The largest absolute Gasteiger partial charge is 0.453 e. The molecule has 6 N–H and O–H groups in total. The molecule has 49 heteroatoms. The van der Waals surface area contributed by atoms with Gasteiger partial charge in [-0.3, -0.25) is 61.9 Å². The second kappa shape index (κ2) is 54.2. The lowest BCUT2D eigenvalue weighted by molar-refractivity contribution is -0.0833. The van der Waals surface area contributed by atoms with Crippen molar-refractivity contribution in [3.05, 3.63) is 213 Å². The number of methoxy groups -OCH3 is 4. The number of ether oxygens (including phenoxy) is 13. The molecule has 8 heterocycles. The topological polar surface area (TPSA) is 527 Å². The van der Waals surface area contributed by atoms with Crippen LogP contribution >= 0.6 is 44.7 Å². The van der Waals surface area contributed by atoms with Crippen LogP contribution in [0.15, 0.2) is 129 Å². The van der Waals surface area contributed by atoms with E-state index in [9.17, 15) is 76.2 Å². The lowest BCUT2D eigenvalue weighted by Gasteiger charge is -2.38. The van der Waals surface area contributed by atoms with E-state index in [1.807, 2.05) is 34.6 Å². The van der Waals surface area contributed by atoms with E-state index in [-0.39, 0.29) is 76.2 Å². The van der Waals surface area contributed by atoms with Gasteiger partial charge in [-0.15, -0.1) is 0 Å². The Labute approximate surface area is 767 Å². The summed E-state index contributed by atoms with van der Waals surface area (Å²) in [5.41, 5.74) is -2.84. The number of hydrogen-bond donors (Lipinski definition) is 6. The highest BCUT2D eigenvalue weighted by atomic mass is 31.2. The van der Waals surface area contributed by atoms with Crippen LogP contribution in [0.3, 0.4) is 0 Å². The van der Waals surface area contributed by atoms with Crippen molar-refractivity contribution in [2.75, 3.05) is 174 Å². The quantitative estimate of drug-likeness (QED) is 0.00957. The monoisotopic (exact) mass is 1980 g/mol. The van der Waals surface area contributed by atoms with Crippen LogP contribution in [0, 0.1) is 40.2 Å². The van der Waals surface area contributed by atoms with E-state index in [2.05, 4.69) is 38.5 Å². The number of carbonyl (C=O) groups excluding carboxylic acids is 1. The molecule has 43 nitrogen and oxygen atoms in total. The Balaban J connectivity index is 0.000000303. The molecule has 17 atom stereocenters. The zero-order valence-corrected chi connectivity index (χ0v) is 84.3. The van der Waals surface area contributed by atoms with E-state index in [0.29, 0.717) is 47.6 Å². The number of rotatable bonds is 41. The Bertz CT molecular complexity index is 5260. The molecular weight excluding hydrogens is 1850 g/mol. The summed E-state index contributed by atoms with van der Waals surface area (Å²) < 4.78 is 161. The minimum atomic E-state index is -3.07. The van der Waals surface area contributed by atoms with E-state index >= 15 is 0 Å². The number of aliphatic hydroxyl groups excluding tert-OH is 2. The second-order valence-corrected chi connectivity index (χ2v) is 50.3. The van der Waals surface area contributed by atoms with Gasteiger partial charge < -0.3 is 113 Å². The van der Waals surface area contributed by atoms with Gasteiger partial charge in [-0.25, -0.2) is 35.2 Å². The highest BCUT2D eigenvalue weighted by Gasteiger charge is 2.52. The number of aromatic amines is 4. The van der Waals surface area contributed by atoms with Crippen molar-refractivity contribution in [1.82, 2.24) is 42.9 Å². The minimum absolute atomic E-state index is 0.00694. The molecule has 4 aliphatic rings. The van der Waals surface area contributed by atoms with E-state index < -0.39 is 188 Å². The molecule has 0 amide bonds. The van der Waals surface area contributed by atoms with Crippen LogP contribution in [-0.2, 0) is 102 Å². The maximum Gasteiger partial charge on any atom is 0.338 e. The number of carbonyl (C=O) groups is 1. The van der Waals surface area contributed by atoms with Crippen LogP contribution in [0.1, 0.15) is 92.1 Å². The zero-order chi connectivity index (χ0) is 99.1. The molecule has 9 rings (SSSR count). The summed E-state index contributed by atoms with van der Waals surface area (Å²) in [6.45, 7) is 38.4. The Morgan fingerprint density at radius 1 is 0.500 bits per heavy atom. The third-order valence-electron chi connectivity index (χ3n) is 19.7. The molecule has 4 aromatic heterocycles. The van der Waals surface area contributed by atoms with Crippen LogP contribution in [0.4, 0.5) is 0 Å². The summed E-state index contributed by atoms with van der Waals surface area (Å²) in [4.78, 5) is 122. The van der Waals surface area contributed by atoms with Crippen LogP contribution in [0.25, 0.3) is 4.85 Å². The maximum absolute atomic E-state index is 12.9. The molecule has 742 valence electrons. The van der Waals surface area contributed by atoms with Crippen LogP contribution in [-0.4, -0.2) is 313 Å². The van der Waals surface area contributed by atoms with Crippen molar-refractivity contribution in [2.24, 2.45) is 5.92 Å². The summed E-state index contributed by atoms with van der Waals surface area (Å²) in [6.07, 6.45) is -1.85. The summed E-state index contributed by atoms with van der Waals surface area (Å²) in [5, 5.41) is 20.4. The number of benzene rings is 1. The van der Waals surface area contributed by atoms with Gasteiger partial charge in [-0.2, -0.15) is 0 Å². The molecule has 0 aliphatic carbocycles. The van der Waals surface area contributed by atoms with E-state index in [4.69, 9.17) is 77.2 Å². The van der Waals surface area contributed by atoms with Gasteiger partial charge in [0.2, 0.25) is 6.54 Å². The van der Waals surface area contributed by atoms with Crippen molar-refractivity contribution in [2.45, 2.75) is 166 Å². The van der Waals surface area contributed by atoms with Crippen molar-refractivity contribution in [3.63, 3.8) is 0 Å². The standard InChI is InChI=1S/C25H42N4O8P2.C20H24N2O8.C17H27N2O6P.C16H25N2O7P.C5H14O4P2/c1-17(2)29(18(3)4)38(35-12-11-26-6)37-21-20(10-15-39(8,9)32)36-24(22(21)34-14-13-33-7)28-16-19(5)23(30)27-25(28)31;1-12-10-22(20(26)21-17(12)24)18-16(28-9-8-27-2)15(14(11-23)29-18)30-19(25)13-6-4-3-5-7-13;1-11-10-19(17(21)18-15(11)20)16-14(24-8-7-23-3)12(2)13(25-16)6-9-26(4,5)22;1-10-9-18(16(21)17-14(10)20)15-13(24-7-6-23-2)12(19)11(25-15)5-8-26(3,4)22;1-8-11(7,9-2)5-10(3,4)6/h10,15-18,20-22,24H,11-14H2,1-5,7-9H3,(H,27,30,31);3-7,10,14-16,18,23H,8-9,11H2,1-2H3,(H,21,24,26);6,9-10,12-14,16H,7-8H2,1-5H3,(H,18,20,21);5,8-9,11-13,15,19H,6-7H2,1-4H3,(H,17,20,21);5H2,1-4H3/b15-10+;;9-6+;8-5+;/t20-,21-,22-,24-,38?;14-,15-,16-,18-;12-,13-,14-,16-;11-,12-,13-,15-;/m1111./s1. The molecule has 1 unspecified atom stereocenters. The van der Waals surface area contributed by atoms with Crippen LogP contribution in [0.2, 0.25) is 0 Å². The zero-order valence-electron chi connectivity index (χ0n) is 79.0. The molecule has 4 saturated heterocycles. The van der Waals surface area contributed by atoms with Crippen LogP contribution in [0.5, 0.6) is 0 Å². The maximum atomic E-state index is 12.9. The first-order valence-electron chi connectivity index (χ1n) is 41.9. The highest BCUT2D eigenvalue weighted by Crippen LogP contribution is 2.58. The average molecular weight is 1980 g/mol. The Hall–Kier alpha value is -7.06. The first-order chi connectivity index (χ1) is 61.9. The normalized spacial score (nSPS) is 23.7. The van der Waals surface area contributed by atoms with E-state index in [0.717, 1.165) is 4.57 Å². The smallest absolute Gasteiger partial charge is 0.338 e. The number of aliphatic hydroxyl groups is 2. The van der Waals surface area contributed by atoms with Gasteiger partial charge in [0.05, 0.1) is 78.3 Å². The predicted octanol–water partition coefficient (Wildman–Crippen LogP) is 7.44. The van der Waals surface area contributed by atoms with Gasteiger partial charge in [0, 0.05) is 108 Å². The lowest BCUT2D eigenvalue weighted by atomic mass is 10.0. The lowest BCUT2D eigenvalue weighted by Crippen LogP contribution is -2.42. The minimum Gasteiger partial charge on any atom is -0.453 e. The molecule has 132 heavy (non-hydrogen) atoms. The number of esters is 1. The molecule has 5 aromatic rings. The fourth-order valence-corrected chi connectivity index (χ4v) is 21.2. The number of hydrogen-bond acceptors (Lipinski definition) is 34. The Morgan fingerprint density at radius 2 is 0.848 bits per heavy atom. The van der Waals surface area contributed by atoms with Crippen molar-refractivity contribution < 1.29 is 118 Å². The summed E-state index contributed by atoms with van der Waals surface area (Å²) >= 11 is 0. The fourth-order valence-electron chi connectivity index (χ4n) is 13.3. The SMILES string of the molecule is COCCO[C@@H]1[C@H](C)[C@@H](/C=C/P(C)(C)=O)O[C@H]1n1cc(C)c(=O)[nH]c1=O.COCCO[C@@H]1[C@H](O)[C@@H](/C=C/P(C)(C)=O)O[C@H]1n1cc(C)c(=O)[nH]c1=O.COCCO[C@@H]1[C@H](OC(=O)c2ccccc2)[C@@H](CO)O[C@H]1n1cc(C)c(=O)[nH]c1=O.COP(=O)(CP(C)(C)=O)OC.[C-]#[N+]CCOP(O[C@H]1[C@@H](OCCOC)[C@H](n2cc(C)c(=O)[nH]c2=O)O[C@@H]1/C=C/P(C)(C)=O)N(C(C)C)C(C)C. The predicted molar refractivity (Wildman–Crippen MR) is 497 cm³/mol.